The predicted molar refractivity (Wildman–Crippen MR) is 110 cm³/mol. The number of carbonyl (C=O) groups excluding carboxylic acids is 1. The highest BCUT2D eigenvalue weighted by Crippen LogP contribution is 2.28. The number of carbonyl (C=O) groups is 1. The molecule has 1 heterocycles. The van der Waals surface area contributed by atoms with E-state index in [1.165, 1.54) is 11.1 Å². The SMILES string of the molecule is COc1ccc(OC)c(NC(N)=NCCCC(=O)N2Cc3ccccc3C2)c1. The summed E-state index contributed by atoms with van der Waals surface area (Å²) in [6.45, 7) is 1.85. The molecule has 28 heavy (non-hydrogen) atoms. The van der Waals surface area contributed by atoms with Crippen LogP contribution in [-0.2, 0) is 17.9 Å². The highest BCUT2D eigenvalue weighted by atomic mass is 16.5. The van der Waals surface area contributed by atoms with Crippen molar-refractivity contribution in [3.05, 3.63) is 53.6 Å². The minimum Gasteiger partial charge on any atom is -0.497 e. The maximum Gasteiger partial charge on any atom is 0.223 e. The van der Waals surface area contributed by atoms with Crippen molar-refractivity contribution in [1.82, 2.24) is 4.90 Å². The first kappa shape index (κ1) is 19.5. The zero-order valence-corrected chi connectivity index (χ0v) is 16.3. The van der Waals surface area contributed by atoms with Crippen LogP contribution in [0.2, 0.25) is 0 Å². The van der Waals surface area contributed by atoms with Gasteiger partial charge in [-0.3, -0.25) is 9.79 Å². The van der Waals surface area contributed by atoms with Crippen LogP contribution in [0, 0.1) is 0 Å². The highest BCUT2D eigenvalue weighted by molar-refractivity contribution is 5.94. The maximum atomic E-state index is 12.4. The van der Waals surface area contributed by atoms with Crippen molar-refractivity contribution in [3.63, 3.8) is 0 Å². The third-order valence-corrected chi connectivity index (χ3v) is 4.69. The summed E-state index contributed by atoms with van der Waals surface area (Å²) in [7, 11) is 3.18. The molecule has 0 aromatic heterocycles. The first-order valence-corrected chi connectivity index (χ1v) is 9.24. The third kappa shape index (κ3) is 4.73. The standard InChI is InChI=1S/C21H26N4O3/c1-27-17-9-10-19(28-2)18(12-17)24-21(22)23-11-5-8-20(26)25-13-15-6-3-4-7-16(15)14-25/h3-4,6-7,9-10,12H,5,8,11,13-14H2,1-2H3,(H3,22,23,24). The number of aliphatic imine (C=N–C) groups is 1. The molecule has 7 heteroatoms. The summed E-state index contributed by atoms with van der Waals surface area (Å²) < 4.78 is 10.5. The van der Waals surface area contributed by atoms with Gasteiger partial charge in [0, 0.05) is 32.1 Å². The summed E-state index contributed by atoms with van der Waals surface area (Å²) in [4.78, 5) is 18.6. The topological polar surface area (TPSA) is 89.2 Å². The molecule has 2 aromatic rings. The van der Waals surface area contributed by atoms with Crippen molar-refractivity contribution in [3.8, 4) is 11.5 Å². The molecule has 1 aliphatic heterocycles. The second-order valence-corrected chi connectivity index (χ2v) is 6.58. The molecule has 3 N–H and O–H groups in total. The van der Waals surface area contributed by atoms with Crippen molar-refractivity contribution in [2.45, 2.75) is 25.9 Å². The molecular weight excluding hydrogens is 356 g/mol. The van der Waals surface area contributed by atoms with E-state index in [2.05, 4.69) is 22.4 Å². The van der Waals surface area contributed by atoms with Crippen LogP contribution in [0.25, 0.3) is 0 Å². The van der Waals surface area contributed by atoms with Crippen molar-refractivity contribution >= 4 is 17.6 Å². The Morgan fingerprint density at radius 3 is 2.50 bits per heavy atom. The van der Waals surface area contributed by atoms with E-state index in [9.17, 15) is 4.79 Å². The zero-order chi connectivity index (χ0) is 19.9. The van der Waals surface area contributed by atoms with Gasteiger partial charge in [0.25, 0.3) is 0 Å². The van der Waals surface area contributed by atoms with Crippen molar-refractivity contribution in [1.29, 1.82) is 0 Å². The summed E-state index contributed by atoms with van der Waals surface area (Å²) in [5.74, 6) is 1.75. The first-order chi connectivity index (χ1) is 13.6. The molecule has 7 nitrogen and oxygen atoms in total. The monoisotopic (exact) mass is 382 g/mol. The van der Waals surface area contributed by atoms with Gasteiger partial charge in [0.15, 0.2) is 5.96 Å². The summed E-state index contributed by atoms with van der Waals surface area (Å²) in [6, 6.07) is 13.6. The van der Waals surface area contributed by atoms with E-state index in [0.717, 1.165) is 0 Å². The van der Waals surface area contributed by atoms with E-state index in [1.54, 1.807) is 32.4 Å². The number of ether oxygens (including phenoxy) is 2. The van der Waals surface area contributed by atoms with Crippen LogP contribution < -0.4 is 20.5 Å². The third-order valence-electron chi connectivity index (χ3n) is 4.69. The fraction of sp³-hybridized carbons (Fsp3) is 0.333. The van der Waals surface area contributed by atoms with Gasteiger partial charge in [0.1, 0.15) is 11.5 Å². The van der Waals surface area contributed by atoms with E-state index >= 15 is 0 Å². The Labute approximate surface area is 165 Å². The number of anilines is 1. The lowest BCUT2D eigenvalue weighted by Crippen LogP contribution is -2.25. The van der Waals surface area contributed by atoms with Crippen LogP contribution in [-0.4, -0.2) is 37.5 Å². The van der Waals surface area contributed by atoms with Crippen molar-refractivity contribution < 1.29 is 14.3 Å². The zero-order valence-electron chi connectivity index (χ0n) is 16.3. The van der Waals surface area contributed by atoms with Crippen LogP contribution in [0.15, 0.2) is 47.5 Å². The lowest BCUT2D eigenvalue weighted by molar-refractivity contribution is -0.131. The molecule has 0 fully saturated rings. The Balaban J connectivity index is 1.47. The molecule has 0 atom stereocenters. The van der Waals surface area contributed by atoms with Gasteiger partial charge in [-0.2, -0.15) is 0 Å². The lowest BCUT2D eigenvalue weighted by atomic mass is 10.1. The Bertz CT molecular complexity index is 841. The van der Waals surface area contributed by atoms with Gasteiger partial charge in [-0.15, -0.1) is 0 Å². The molecule has 0 spiro atoms. The molecule has 0 saturated carbocycles. The van der Waals surface area contributed by atoms with Crippen LogP contribution in [0.5, 0.6) is 11.5 Å². The number of fused-ring (bicyclic) bond motifs is 1. The van der Waals surface area contributed by atoms with E-state index in [1.807, 2.05) is 17.0 Å². The molecule has 1 aliphatic rings. The first-order valence-electron chi connectivity index (χ1n) is 9.24. The van der Waals surface area contributed by atoms with Gasteiger partial charge in [0.05, 0.1) is 19.9 Å². The predicted octanol–water partition coefficient (Wildman–Crippen LogP) is 2.75. The fourth-order valence-corrected chi connectivity index (χ4v) is 3.19. The van der Waals surface area contributed by atoms with Gasteiger partial charge < -0.3 is 25.4 Å². The van der Waals surface area contributed by atoms with Crippen molar-refractivity contribution in [2.24, 2.45) is 10.7 Å². The Morgan fingerprint density at radius 1 is 1.14 bits per heavy atom. The molecular formula is C21H26N4O3. The number of nitrogens with two attached hydrogens (primary N) is 1. The molecule has 0 unspecified atom stereocenters. The molecule has 2 aromatic carbocycles. The largest absolute Gasteiger partial charge is 0.497 e. The average Bonchev–Trinajstić information content (AvgIpc) is 3.15. The molecule has 0 radical (unpaired) electrons. The number of rotatable bonds is 7. The van der Waals surface area contributed by atoms with Gasteiger partial charge in [0.2, 0.25) is 5.91 Å². The molecule has 0 aliphatic carbocycles. The number of amides is 1. The van der Waals surface area contributed by atoms with Crippen LogP contribution in [0.3, 0.4) is 0 Å². The minimum absolute atomic E-state index is 0.146. The average molecular weight is 382 g/mol. The molecule has 3 rings (SSSR count). The maximum absolute atomic E-state index is 12.4. The highest BCUT2D eigenvalue weighted by Gasteiger charge is 2.22. The minimum atomic E-state index is 0.146. The van der Waals surface area contributed by atoms with Crippen LogP contribution >= 0.6 is 0 Å². The summed E-state index contributed by atoms with van der Waals surface area (Å²) in [6.07, 6.45) is 1.09. The smallest absolute Gasteiger partial charge is 0.223 e. The molecule has 0 saturated heterocycles. The number of hydrogen-bond donors (Lipinski definition) is 2. The van der Waals surface area contributed by atoms with Crippen LogP contribution in [0.4, 0.5) is 5.69 Å². The quantitative estimate of drug-likeness (QED) is 0.437. The van der Waals surface area contributed by atoms with Crippen molar-refractivity contribution in [2.75, 3.05) is 26.1 Å². The molecule has 1 amide bonds. The van der Waals surface area contributed by atoms with Gasteiger partial charge in [-0.1, -0.05) is 24.3 Å². The normalized spacial score (nSPS) is 13.2. The van der Waals surface area contributed by atoms with Crippen LogP contribution in [0.1, 0.15) is 24.0 Å². The van der Waals surface area contributed by atoms with Gasteiger partial charge >= 0.3 is 0 Å². The second-order valence-electron chi connectivity index (χ2n) is 6.58. The Hall–Kier alpha value is -3.22. The summed E-state index contributed by atoms with van der Waals surface area (Å²) in [5.41, 5.74) is 9.10. The number of nitrogens with one attached hydrogen (secondary N) is 1. The fourth-order valence-electron chi connectivity index (χ4n) is 3.19. The molecule has 148 valence electrons. The second kappa shape index (κ2) is 9.12. The molecule has 0 bridgehead atoms. The van der Waals surface area contributed by atoms with E-state index < -0.39 is 0 Å². The van der Waals surface area contributed by atoms with Gasteiger partial charge in [-0.25, -0.2) is 0 Å². The van der Waals surface area contributed by atoms with Gasteiger partial charge in [-0.05, 0) is 29.7 Å². The Kier molecular flexibility index (Phi) is 6.37. The van der Waals surface area contributed by atoms with E-state index in [4.69, 9.17) is 15.2 Å². The number of benzene rings is 2. The number of hydrogen-bond acceptors (Lipinski definition) is 4. The lowest BCUT2D eigenvalue weighted by Gasteiger charge is -2.15. The number of guanidine groups is 1. The summed E-state index contributed by atoms with van der Waals surface area (Å²) in [5, 5.41) is 3.02. The number of nitrogens with zero attached hydrogens (tertiary/aromatic N) is 2. The summed E-state index contributed by atoms with van der Waals surface area (Å²) >= 11 is 0. The van der Waals surface area contributed by atoms with E-state index in [0.29, 0.717) is 49.7 Å². The van der Waals surface area contributed by atoms with E-state index in [-0.39, 0.29) is 11.9 Å². The number of methoxy groups -OCH3 is 2. The Morgan fingerprint density at radius 2 is 1.86 bits per heavy atom.